The lowest BCUT2D eigenvalue weighted by atomic mass is 10.0. The van der Waals surface area contributed by atoms with Gasteiger partial charge in [-0.1, -0.05) is 24.3 Å². The van der Waals surface area contributed by atoms with Gasteiger partial charge in [0.25, 0.3) is 0 Å². The van der Waals surface area contributed by atoms with Crippen LogP contribution in [-0.4, -0.2) is 0 Å². The molecule has 1 unspecified atom stereocenters. The van der Waals surface area contributed by atoms with Crippen LogP contribution >= 0.6 is 0 Å². The highest BCUT2D eigenvalue weighted by molar-refractivity contribution is 5.48. The summed E-state index contributed by atoms with van der Waals surface area (Å²) in [7, 11) is 0. The van der Waals surface area contributed by atoms with Crippen molar-refractivity contribution in [2.75, 3.05) is 5.73 Å². The van der Waals surface area contributed by atoms with E-state index in [9.17, 15) is 0 Å². The zero-order chi connectivity index (χ0) is 9.68. The topological polar surface area (TPSA) is 64.1 Å². The molecule has 3 heteroatoms. The lowest BCUT2D eigenvalue weighted by Crippen LogP contribution is -2.28. The van der Waals surface area contributed by atoms with Gasteiger partial charge in [-0.05, 0) is 18.1 Å². The highest BCUT2D eigenvalue weighted by Gasteiger charge is 2.09. The second kappa shape index (κ2) is 4.64. The molecular formula is C10H15N3. The molecule has 0 bridgehead atoms. The molecule has 1 aromatic rings. The number of hydrogen-bond donors (Lipinski definition) is 3. The first kappa shape index (κ1) is 9.77. The van der Waals surface area contributed by atoms with Crippen LogP contribution in [0.2, 0.25) is 0 Å². The highest BCUT2D eigenvalue weighted by Crippen LogP contribution is 2.21. The van der Waals surface area contributed by atoms with E-state index in [4.69, 9.17) is 11.6 Å². The quantitative estimate of drug-likeness (QED) is 0.281. The summed E-state index contributed by atoms with van der Waals surface area (Å²) in [5.74, 6) is 5.41. The summed E-state index contributed by atoms with van der Waals surface area (Å²) in [5, 5.41) is 0. The minimum absolute atomic E-state index is 0.0544. The third-order valence-corrected chi connectivity index (χ3v) is 1.97. The van der Waals surface area contributed by atoms with Crippen molar-refractivity contribution in [2.45, 2.75) is 12.5 Å². The van der Waals surface area contributed by atoms with Gasteiger partial charge in [0.05, 0.1) is 6.04 Å². The molecule has 5 N–H and O–H groups in total. The molecule has 0 aliphatic rings. The summed E-state index contributed by atoms with van der Waals surface area (Å²) < 4.78 is 0. The molecule has 0 saturated heterocycles. The average Bonchev–Trinajstić information content (AvgIpc) is 2.16. The van der Waals surface area contributed by atoms with Gasteiger partial charge >= 0.3 is 0 Å². The number of hydrazine groups is 1. The number of nitrogens with one attached hydrogen (secondary N) is 1. The van der Waals surface area contributed by atoms with Gasteiger partial charge in [0, 0.05) is 5.69 Å². The van der Waals surface area contributed by atoms with Gasteiger partial charge in [-0.2, -0.15) is 0 Å². The zero-order valence-corrected chi connectivity index (χ0v) is 7.53. The smallest absolute Gasteiger partial charge is 0.0514 e. The fourth-order valence-electron chi connectivity index (χ4n) is 1.28. The second-order valence-electron chi connectivity index (χ2n) is 2.87. The van der Waals surface area contributed by atoms with Crippen LogP contribution in [0.4, 0.5) is 5.69 Å². The Hall–Kier alpha value is -1.32. The Bertz CT molecular complexity index is 283. The molecule has 13 heavy (non-hydrogen) atoms. The van der Waals surface area contributed by atoms with Crippen LogP contribution in [-0.2, 0) is 0 Å². The van der Waals surface area contributed by atoms with Crippen LogP contribution in [0.5, 0.6) is 0 Å². The van der Waals surface area contributed by atoms with Crippen LogP contribution < -0.4 is 17.0 Å². The molecule has 70 valence electrons. The van der Waals surface area contributed by atoms with Crippen LogP contribution in [0.15, 0.2) is 36.9 Å². The first-order chi connectivity index (χ1) is 6.29. The molecule has 3 nitrogen and oxygen atoms in total. The lowest BCUT2D eigenvalue weighted by Gasteiger charge is -2.15. The molecule has 0 spiro atoms. The maximum atomic E-state index is 5.80. The molecule has 0 fully saturated rings. The maximum Gasteiger partial charge on any atom is 0.0514 e. The third-order valence-electron chi connectivity index (χ3n) is 1.97. The van der Waals surface area contributed by atoms with Crippen molar-refractivity contribution in [3.05, 3.63) is 42.5 Å². The molecule has 1 rings (SSSR count). The van der Waals surface area contributed by atoms with Crippen molar-refractivity contribution in [3.63, 3.8) is 0 Å². The monoisotopic (exact) mass is 177 g/mol. The van der Waals surface area contributed by atoms with Gasteiger partial charge in [0.1, 0.15) is 0 Å². The maximum absolute atomic E-state index is 5.80. The SMILES string of the molecule is C=CCC(NN)c1ccccc1N. The zero-order valence-electron chi connectivity index (χ0n) is 7.53. The molecule has 1 aromatic carbocycles. The van der Waals surface area contributed by atoms with Gasteiger partial charge in [-0.25, -0.2) is 0 Å². The van der Waals surface area contributed by atoms with Gasteiger partial charge in [0.2, 0.25) is 0 Å². The second-order valence-corrected chi connectivity index (χ2v) is 2.87. The molecule has 0 saturated carbocycles. The molecule has 0 aliphatic heterocycles. The summed E-state index contributed by atoms with van der Waals surface area (Å²) in [6.07, 6.45) is 2.58. The van der Waals surface area contributed by atoms with Crippen LogP contribution in [0.3, 0.4) is 0 Å². The number of rotatable bonds is 4. The molecular weight excluding hydrogens is 162 g/mol. The summed E-state index contributed by atoms with van der Waals surface area (Å²) >= 11 is 0. The minimum atomic E-state index is 0.0544. The van der Waals surface area contributed by atoms with E-state index in [0.29, 0.717) is 0 Å². The van der Waals surface area contributed by atoms with Crippen molar-refractivity contribution in [1.82, 2.24) is 5.43 Å². The van der Waals surface area contributed by atoms with Crippen molar-refractivity contribution in [2.24, 2.45) is 5.84 Å². The summed E-state index contributed by atoms with van der Waals surface area (Å²) in [5.41, 5.74) is 10.3. The van der Waals surface area contributed by atoms with E-state index in [2.05, 4.69) is 12.0 Å². The molecule has 0 radical (unpaired) electrons. The van der Waals surface area contributed by atoms with Gasteiger partial charge < -0.3 is 5.73 Å². The number of anilines is 1. The van der Waals surface area contributed by atoms with E-state index in [1.807, 2.05) is 30.3 Å². The van der Waals surface area contributed by atoms with E-state index >= 15 is 0 Å². The van der Waals surface area contributed by atoms with Crippen LogP contribution in [0, 0.1) is 0 Å². The first-order valence-corrected chi connectivity index (χ1v) is 4.21. The van der Waals surface area contributed by atoms with Gasteiger partial charge in [0.15, 0.2) is 0 Å². The molecule has 0 aliphatic carbocycles. The predicted molar refractivity (Wildman–Crippen MR) is 55.7 cm³/mol. The molecule has 0 aromatic heterocycles. The Labute approximate surface area is 78.4 Å². The third kappa shape index (κ3) is 2.31. The molecule has 1 atom stereocenters. The normalized spacial score (nSPS) is 12.4. The number of hydrogen-bond acceptors (Lipinski definition) is 3. The highest BCUT2D eigenvalue weighted by atomic mass is 15.2. The van der Waals surface area contributed by atoms with Crippen molar-refractivity contribution >= 4 is 5.69 Å². The molecule has 0 heterocycles. The standard InChI is InChI=1S/C10H15N3/c1-2-5-10(13-12)8-6-3-4-7-9(8)11/h2-4,6-7,10,13H,1,5,11-12H2. The Balaban J connectivity index is 2.90. The number of nitrogens with two attached hydrogens (primary N) is 2. The number of nitrogen functional groups attached to an aromatic ring is 1. The predicted octanol–water partition coefficient (Wildman–Crippen LogP) is 1.35. The van der Waals surface area contributed by atoms with Crippen molar-refractivity contribution in [1.29, 1.82) is 0 Å². The minimum Gasteiger partial charge on any atom is -0.398 e. The van der Waals surface area contributed by atoms with Crippen LogP contribution in [0.25, 0.3) is 0 Å². The van der Waals surface area contributed by atoms with E-state index in [1.54, 1.807) is 0 Å². The van der Waals surface area contributed by atoms with E-state index < -0.39 is 0 Å². The van der Waals surface area contributed by atoms with Crippen LogP contribution in [0.1, 0.15) is 18.0 Å². The van der Waals surface area contributed by atoms with E-state index in [0.717, 1.165) is 17.7 Å². The Morgan fingerprint density at radius 1 is 1.46 bits per heavy atom. The van der Waals surface area contributed by atoms with E-state index in [1.165, 1.54) is 0 Å². The van der Waals surface area contributed by atoms with Gasteiger partial charge in [-0.15, -0.1) is 6.58 Å². The first-order valence-electron chi connectivity index (χ1n) is 4.21. The fraction of sp³-hybridized carbons (Fsp3) is 0.200. The average molecular weight is 177 g/mol. The number of para-hydroxylation sites is 1. The Morgan fingerprint density at radius 2 is 2.15 bits per heavy atom. The summed E-state index contributed by atoms with van der Waals surface area (Å²) in [4.78, 5) is 0. The molecule has 0 amide bonds. The largest absolute Gasteiger partial charge is 0.398 e. The van der Waals surface area contributed by atoms with Gasteiger partial charge in [-0.3, -0.25) is 11.3 Å². The fourth-order valence-corrected chi connectivity index (χ4v) is 1.28. The van der Waals surface area contributed by atoms with Crippen molar-refractivity contribution in [3.8, 4) is 0 Å². The summed E-state index contributed by atoms with van der Waals surface area (Å²) in [6.45, 7) is 3.67. The number of benzene rings is 1. The Kier molecular flexibility index (Phi) is 3.49. The van der Waals surface area contributed by atoms with Crippen molar-refractivity contribution < 1.29 is 0 Å². The Morgan fingerprint density at radius 3 is 2.69 bits per heavy atom. The summed E-state index contributed by atoms with van der Waals surface area (Å²) in [6, 6.07) is 7.73. The van der Waals surface area contributed by atoms with E-state index in [-0.39, 0.29) is 6.04 Å². The lowest BCUT2D eigenvalue weighted by molar-refractivity contribution is 0.563.